The van der Waals surface area contributed by atoms with Gasteiger partial charge in [-0.3, -0.25) is 0 Å². The molecule has 2 atom stereocenters. The molecule has 0 amide bonds. The van der Waals surface area contributed by atoms with Gasteiger partial charge in [-0.05, 0) is 94.5 Å². The fraction of sp³-hybridized carbons (Fsp3) is 0.289. The largest absolute Gasteiger partial charge is 0.335 e. The lowest BCUT2D eigenvalue weighted by molar-refractivity contribution is 0.195. The minimum Gasteiger partial charge on any atom is -0.335 e. The lowest BCUT2D eigenvalue weighted by Gasteiger charge is -2.52. The highest BCUT2D eigenvalue weighted by molar-refractivity contribution is 7.00. The van der Waals surface area contributed by atoms with E-state index >= 15 is 0 Å². The molecule has 0 bridgehead atoms. The Balaban J connectivity index is 1.43. The first-order valence-electron chi connectivity index (χ1n) is 18.0. The van der Waals surface area contributed by atoms with Crippen LogP contribution in [-0.2, 0) is 10.8 Å². The van der Waals surface area contributed by atoms with Gasteiger partial charge in [0.25, 0.3) is 6.71 Å². The second kappa shape index (κ2) is 9.35. The Kier molecular flexibility index (Phi) is 5.55. The maximum absolute atomic E-state index is 2.85. The van der Waals surface area contributed by atoms with Crippen LogP contribution in [0, 0.1) is 6.92 Å². The van der Waals surface area contributed by atoms with Gasteiger partial charge in [-0.25, -0.2) is 0 Å². The second-order valence-corrected chi connectivity index (χ2v) is 16.5. The molecular formula is C45H43BN2. The van der Waals surface area contributed by atoms with Crippen LogP contribution in [0.5, 0.6) is 0 Å². The zero-order valence-corrected chi connectivity index (χ0v) is 29.1. The van der Waals surface area contributed by atoms with E-state index in [0.717, 1.165) is 0 Å². The topological polar surface area (TPSA) is 8.17 Å². The molecule has 2 unspecified atom stereocenters. The van der Waals surface area contributed by atoms with Crippen LogP contribution >= 0.6 is 0 Å². The summed E-state index contributed by atoms with van der Waals surface area (Å²) in [5.74, 6) is 0. The summed E-state index contributed by atoms with van der Waals surface area (Å²) >= 11 is 0. The van der Waals surface area contributed by atoms with Gasteiger partial charge in [0, 0.05) is 38.9 Å². The van der Waals surface area contributed by atoms with Gasteiger partial charge in [-0.15, -0.1) is 0 Å². The van der Waals surface area contributed by atoms with Crippen molar-refractivity contribution in [3.63, 3.8) is 0 Å². The Morgan fingerprint density at radius 2 is 1.40 bits per heavy atom. The third-order valence-electron chi connectivity index (χ3n) is 12.9. The van der Waals surface area contributed by atoms with Gasteiger partial charge in [-0.2, -0.15) is 0 Å². The molecule has 1 aliphatic carbocycles. The first-order chi connectivity index (χ1) is 23.1. The van der Waals surface area contributed by atoms with Gasteiger partial charge < -0.3 is 9.47 Å². The highest BCUT2D eigenvalue weighted by Crippen LogP contribution is 2.61. The molecule has 1 aromatic heterocycles. The van der Waals surface area contributed by atoms with Crippen LogP contribution in [0.1, 0.15) is 77.0 Å². The van der Waals surface area contributed by atoms with Crippen molar-refractivity contribution in [2.45, 2.75) is 83.6 Å². The Hall–Kier alpha value is -4.50. The average molecular weight is 623 g/mol. The molecule has 1 fully saturated rings. The first-order valence-corrected chi connectivity index (χ1v) is 18.0. The highest BCUT2D eigenvalue weighted by Gasteiger charge is 2.61. The molecule has 0 radical (unpaired) electrons. The van der Waals surface area contributed by atoms with Gasteiger partial charge >= 0.3 is 0 Å². The number of anilines is 2. The molecule has 3 heteroatoms. The minimum absolute atomic E-state index is 0.000719. The number of fused-ring (bicyclic) bond motifs is 7. The monoisotopic (exact) mass is 622 g/mol. The van der Waals surface area contributed by atoms with Crippen molar-refractivity contribution < 1.29 is 0 Å². The van der Waals surface area contributed by atoms with E-state index < -0.39 is 0 Å². The molecule has 3 aliphatic heterocycles. The molecular weight excluding hydrogens is 579 g/mol. The molecule has 0 N–H and O–H groups in total. The Morgan fingerprint density at radius 3 is 2.12 bits per heavy atom. The van der Waals surface area contributed by atoms with E-state index in [1.54, 1.807) is 5.56 Å². The number of rotatable bonds is 2. The number of nitrogens with zero attached hydrogens (tertiary/aromatic N) is 2. The van der Waals surface area contributed by atoms with Gasteiger partial charge in [0.15, 0.2) is 0 Å². The smallest absolute Gasteiger partial charge is 0.252 e. The third-order valence-corrected chi connectivity index (χ3v) is 12.9. The number of hydrogen-bond acceptors (Lipinski definition) is 1. The fourth-order valence-corrected chi connectivity index (χ4v) is 10.4. The molecule has 1 saturated carbocycles. The van der Waals surface area contributed by atoms with Crippen LogP contribution in [0.25, 0.3) is 39.0 Å². The predicted molar refractivity (Wildman–Crippen MR) is 205 cm³/mol. The van der Waals surface area contributed by atoms with E-state index in [1.807, 2.05) is 0 Å². The van der Waals surface area contributed by atoms with Crippen LogP contribution in [0.2, 0.25) is 0 Å². The summed E-state index contributed by atoms with van der Waals surface area (Å²) in [6.45, 7) is 14.8. The SMILES string of the molecule is Cc1cc2c3c(c1)-n1c(-c4ccccc4)c(-c4ccccc4)c4cc(C(C)(C)C)cc(c41)B3c1cccc3c1N2C1(C)CCCCC31C. The van der Waals surface area contributed by atoms with Gasteiger partial charge in [0.1, 0.15) is 0 Å². The zero-order chi connectivity index (χ0) is 32.7. The number of aromatic nitrogens is 1. The van der Waals surface area contributed by atoms with E-state index in [9.17, 15) is 0 Å². The lowest BCUT2D eigenvalue weighted by atomic mass is 9.33. The Morgan fingerprint density at radius 1 is 0.708 bits per heavy atom. The zero-order valence-electron chi connectivity index (χ0n) is 29.1. The maximum Gasteiger partial charge on any atom is 0.252 e. The van der Waals surface area contributed by atoms with Crippen molar-refractivity contribution in [2.75, 3.05) is 4.90 Å². The Labute approximate surface area is 285 Å². The summed E-state index contributed by atoms with van der Waals surface area (Å²) in [6, 6.07) is 39.7. The van der Waals surface area contributed by atoms with Gasteiger partial charge in [-0.1, -0.05) is 125 Å². The summed E-state index contributed by atoms with van der Waals surface area (Å²) < 4.78 is 2.67. The standard InChI is InChI=1S/C45H43BN2/c1-28-24-36-39-37(25-28)48-42-33(44(5)22-13-14-23-45(44,48)6)20-15-21-34(42)46(39)35-27-31(43(2,3)4)26-32-38(29-16-9-7-10-17-29)40(47(36)41(32)35)30-18-11-8-12-19-30/h7-12,15-21,24-27H,13-14,22-23H2,1-6H3. The van der Waals surface area contributed by atoms with Crippen LogP contribution in [0.3, 0.4) is 0 Å². The van der Waals surface area contributed by atoms with Crippen LogP contribution < -0.4 is 21.3 Å². The number of para-hydroxylation sites is 1. The van der Waals surface area contributed by atoms with E-state index in [4.69, 9.17) is 0 Å². The molecule has 0 saturated heterocycles. The minimum atomic E-state index is -0.000719. The molecule has 6 aromatic rings. The van der Waals surface area contributed by atoms with Crippen LogP contribution in [0.4, 0.5) is 11.4 Å². The van der Waals surface area contributed by atoms with Gasteiger partial charge in [0.05, 0.1) is 11.2 Å². The molecule has 2 nitrogen and oxygen atoms in total. The number of aryl methyl sites for hydroxylation is 1. The van der Waals surface area contributed by atoms with Crippen molar-refractivity contribution in [1.82, 2.24) is 4.57 Å². The summed E-state index contributed by atoms with van der Waals surface area (Å²) in [4.78, 5) is 2.85. The molecule has 0 spiro atoms. The summed E-state index contributed by atoms with van der Waals surface area (Å²) in [6.07, 6.45) is 5.06. The second-order valence-electron chi connectivity index (χ2n) is 16.5. The van der Waals surface area contributed by atoms with E-state index in [-0.39, 0.29) is 23.1 Å². The normalized spacial score (nSPS) is 21.7. The van der Waals surface area contributed by atoms with E-state index in [0.29, 0.717) is 0 Å². The molecule has 48 heavy (non-hydrogen) atoms. The van der Waals surface area contributed by atoms with Gasteiger partial charge in [0.2, 0.25) is 0 Å². The Bertz CT molecular complexity index is 2330. The molecule has 4 heterocycles. The summed E-state index contributed by atoms with van der Waals surface area (Å²) in [5, 5.41) is 1.36. The van der Waals surface area contributed by atoms with E-state index in [2.05, 4.69) is 154 Å². The summed E-state index contributed by atoms with van der Waals surface area (Å²) in [5.41, 5.74) is 19.7. The van der Waals surface area contributed by atoms with Crippen molar-refractivity contribution in [2.24, 2.45) is 0 Å². The number of hydrogen-bond donors (Lipinski definition) is 0. The highest BCUT2D eigenvalue weighted by atomic mass is 15.3. The summed E-state index contributed by atoms with van der Waals surface area (Å²) in [7, 11) is 0. The quantitative estimate of drug-likeness (QED) is 0.175. The molecule has 4 aliphatic rings. The van der Waals surface area contributed by atoms with Crippen molar-refractivity contribution in [3.8, 4) is 28.1 Å². The predicted octanol–water partition coefficient (Wildman–Crippen LogP) is 9.46. The average Bonchev–Trinajstić information content (AvgIpc) is 3.53. The molecule has 5 aromatic carbocycles. The van der Waals surface area contributed by atoms with Crippen molar-refractivity contribution in [1.29, 1.82) is 0 Å². The fourth-order valence-electron chi connectivity index (χ4n) is 10.4. The van der Waals surface area contributed by atoms with Crippen LogP contribution in [-0.4, -0.2) is 16.8 Å². The third kappa shape index (κ3) is 3.40. The first kappa shape index (κ1) is 28.5. The van der Waals surface area contributed by atoms with Crippen molar-refractivity contribution in [3.05, 3.63) is 120 Å². The van der Waals surface area contributed by atoms with Crippen molar-refractivity contribution >= 4 is 45.4 Å². The van der Waals surface area contributed by atoms with Crippen LogP contribution in [0.15, 0.2) is 103 Å². The maximum atomic E-state index is 2.85. The number of benzene rings is 5. The molecule has 10 rings (SSSR count). The van der Waals surface area contributed by atoms with E-state index in [1.165, 1.54) is 104 Å². The lowest BCUT2D eigenvalue weighted by Crippen LogP contribution is -2.64. The molecule has 236 valence electrons.